The van der Waals surface area contributed by atoms with Gasteiger partial charge in [0.25, 0.3) is 0 Å². The Hall–Kier alpha value is -2.33. The quantitative estimate of drug-likeness (QED) is 0.834. The molecule has 2 aromatic carbocycles. The van der Waals surface area contributed by atoms with Crippen molar-refractivity contribution < 1.29 is 14.6 Å². The molecule has 0 fully saturated rings. The zero-order valence-electron chi connectivity index (χ0n) is 14.7. The summed E-state index contributed by atoms with van der Waals surface area (Å²) in [6.07, 6.45) is 0.420. The molecule has 0 radical (unpaired) electrons. The van der Waals surface area contributed by atoms with Crippen molar-refractivity contribution in [2.24, 2.45) is 0 Å². The van der Waals surface area contributed by atoms with Crippen LogP contribution in [-0.2, 0) is 4.74 Å². The van der Waals surface area contributed by atoms with Gasteiger partial charge in [0.2, 0.25) is 0 Å². The predicted octanol–water partition coefficient (Wildman–Crippen LogP) is 4.07. The zero-order valence-corrected chi connectivity index (χ0v) is 14.7. The highest BCUT2D eigenvalue weighted by molar-refractivity contribution is 5.79. The fourth-order valence-electron chi connectivity index (χ4n) is 3.55. The van der Waals surface area contributed by atoms with E-state index in [1.165, 1.54) is 22.3 Å². The molecule has 0 aromatic heterocycles. The topological polar surface area (TPSA) is 58.6 Å². The average molecular weight is 339 g/mol. The summed E-state index contributed by atoms with van der Waals surface area (Å²) in [7, 11) is 0. The molecule has 0 aliphatic heterocycles. The first-order valence-electron chi connectivity index (χ1n) is 8.89. The number of nitrogens with one attached hydrogen (secondary N) is 1. The van der Waals surface area contributed by atoms with Crippen molar-refractivity contribution >= 4 is 6.09 Å². The second-order valence-corrected chi connectivity index (χ2v) is 6.66. The van der Waals surface area contributed by atoms with Gasteiger partial charge in [-0.1, -0.05) is 55.5 Å². The van der Waals surface area contributed by atoms with Gasteiger partial charge in [-0.2, -0.15) is 0 Å². The van der Waals surface area contributed by atoms with E-state index in [9.17, 15) is 9.90 Å². The number of aliphatic hydroxyl groups is 1. The summed E-state index contributed by atoms with van der Waals surface area (Å²) in [4.78, 5) is 12.2. The summed E-state index contributed by atoms with van der Waals surface area (Å²) in [5.74, 6) is 0.0648. The van der Waals surface area contributed by atoms with Gasteiger partial charge in [-0.05, 0) is 42.0 Å². The maximum absolute atomic E-state index is 12.2. The lowest BCUT2D eigenvalue weighted by atomic mass is 9.98. The van der Waals surface area contributed by atoms with E-state index in [1.54, 1.807) is 6.92 Å². The number of aliphatic hydroxyl groups excluding tert-OH is 1. The van der Waals surface area contributed by atoms with Crippen LogP contribution < -0.4 is 5.32 Å². The molecule has 1 aliphatic carbocycles. The average Bonchev–Trinajstić information content (AvgIpc) is 2.93. The minimum Gasteiger partial charge on any atom is -0.449 e. The van der Waals surface area contributed by atoms with Crippen LogP contribution in [0.1, 0.15) is 43.7 Å². The second kappa shape index (κ2) is 7.70. The van der Waals surface area contributed by atoms with Crippen LogP contribution in [0.15, 0.2) is 48.5 Å². The molecule has 0 heterocycles. The molecule has 0 saturated heterocycles. The molecule has 3 rings (SSSR count). The number of amides is 1. The summed E-state index contributed by atoms with van der Waals surface area (Å²) in [6.45, 7) is 4.02. The first-order valence-corrected chi connectivity index (χ1v) is 8.89. The molecule has 25 heavy (non-hydrogen) atoms. The molecule has 4 nitrogen and oxygen atoms in total. The molecule has 132 valence electrons. The highest BCUT2D eigenvalue weighted by Gasteiger charge is 2.29. The van der Waals surface area contributed by atoms with E-state index >= 15 is 0 Å². The Balaban J connectivity index is 1.68. The molecule has 4 heteroatoms. The molecule has 0 bridgehead atoms. The van der Waals surface area contributed by atoms with E-state index in [-0.39, 0.29) is 12.0 Å². The van der Waals surface area contributed by atoms with Gasteiger partial charge in [0.15, 0.2) is 0 Å². The lowest BCUT2D eigenvalue weighted by molar-refractivity contribution is 0.129. The van der Waals surface area contributed by atoms with E-state index < -0.39 is 12.2 Å². The highest BCUT2D eigenvalue weighted by atomic mass is 16.5. The third-order valence-electron chi connectivity index (χ3n) is 4.78. The number of alkyl carbamates (subject to hydrolysis) is 1. The number of hydrogen-bond donors (Lipinski definition) is 2. The Morgan fingerprint density at radius 3 is 2.20 bits per heavy atom. The summed E-state index contributed by atoms with van der Waals surface area (Å²) in [6, 6.07) is 16.5. The van der Waals surface area contributed by atoms with E-state index in [2.05, 4.69) is 29.6 Å². The molecular weight excluding hydrogens is 314 g/mol. The molecule has 0 saturated carbocycles. The number of ether oxygens (including phenoxy) is 1. The third kappa shape index (κ3) is 3.85. The SMILES string of the molecule is CCC(CC(C)O)NC(=O)OCC1c2ccccc2-c2ccccc21. The fourth-order valence-corrected chi connectivity index (χ4v) is 3.55. The number of fused-ring (bicyclic) bond motifs is 3. The molecule has 2 atom stereocenters. The molecular formula is C21H25NO3. The van der Waals surface area contributed by atoms with Gasteiger partial charge in [0, 0.05) is 12.0 Å². The minimum absolute atomic E-state index is 0.0648. The molecule has 1 amide bonds. The molecule has 2 N–H and O–H groups in total. The summed E-state index contributed by atoms with van der Waals surface area (Å²) < 4.78 is 5.52. The van der Waals surface area contributed by atoms with Gasteiger partial charge < -0.3 is 15.2 Å². The van der Waals surface area contributed by atoms with E-state index in [1.807, 2.05) is 31.2 Å². The normalized spacial score (nSPS) is 15.2. The second-order valence-electron chi connectivity index (χ2n) is 6.66. The third-order valence-corrected chi connectivity index (χ3v) is 4.78. The Bertz CT molecular complexity index is 696. The predicted molar refractivity (Wildman–Crippen MR) is 98.6 cm³/mol. The Kier molecular flexibility index (Phi) is 5.39. The Labute approximate surface area is 148 Å². The molecule has 1 aliphatic rings. The maximum Gasteiger partial charge on any atom is 0.407 e. The van der Waals surface area contributed by atoms with Crippen molar-refractivity contribution in [2.75, 3.05) is 6.61 Å². The number of hydrogen-bond acceptors (Lipinski definition) is 3. The number of rotatable bonds is 6. The van der Waals surface area contributed by atoms with Crippen molar-refractivity contribution in [3.05, 3.63) is 59.7 Å². The van der Waals surface area contributed by atoms with E-state index in [0.29, 0.717) is 13.0 Å². The highest BCUT2D eigenvalue weighted by Crippen LogP contribution is 2.44. The van der Waals surface area contributed by atoms with Gasteiger partial charge in [-0.25, -0.2) is 4.79 Å². The van der Waals surface area contributed by atoms with Crippen molar-refractivity contribution in [2.45, 2.75) is 44.8 Å². The van der Waals surface area contributed by atoms with Crippen molar-refractivity contribution in [3.8, 4) is 11.1 Å². The Morgan fingerprint density at radius 2 is 1.68 bits per heavy atom. The number of carbonyl (C=O) groups is 1. The van der Waals surface area contributed by atoms with Crippen LogP contribution in [0.5, 0.6) is 0 Å². The van der Waals surface area contributed by atoms with Gasteiger partial charge in [-0.3, -0.25) is 0 Å². The molecule has 2 unspecified atom stereocenters. The summed E-state index contributed by atoms with van der Waals surface area (Å²) in [5.41, 5.74) is 4.83. The smallest absolute Gasteiger partial charge is 0.407 e. The zero-order chi connectivity index (χ0) is 17.8. The van der Waals surface area contributed by atoms with Gasteiger partial charge in [0.1, 0.15) is 6.61 Å². The monoisotopic (exact) mass is 339 g/mol. The largest absolute Gasteiger partial charge is 0.449 e. The minimum atomic E-state index is -0.446. The van der Waals surface area contributed by atoms with Crippen LogP contribution in [0.2, 0.25) is 0 Å². The van der Waals surface area contributed by atoms with Gasteiger partial charge >= 0.3 is 6.09 Å². The lowest BCUT2D eigenvalue weighted by Crippen LogP contribution is -2.37. The lowest BCUT2D eigenvalue weighted by Gasteiger charge is -2.19. The van der Waals surface area contributed by atoms with Crippen LogP contribution in [0.25, 0.3) is 11.1 Å². The first kappa shape index (κ1) is 17.5. The van der Waals surface area contributed by atoms with Gasteiger partial charge in [0.05, 0.1) is 6.10 Å². The van der Waals surface area contributed by atoms with E-state index in [4.69, 9.17) is 4.74 Å². The fraction of sp³-hybridized carbons (Fsp3) is 0.381. The maximum atomic E-state index is 12.2. The molecule has 0 spiro atoms. The first-order chi connectivity index (χ1) is 12.1. The van der Waals surface area contributed by atoms with Gasteiger partial charge in [-0.15, -0.1) is 0 Å². The van der Waals surface area contributed by atoms with Crippen LogP contribution >= 0.6 is 0 Å². The van der Waals surface area contributed by atoms with Crippen LogP contribution in [-0.4, -0.2) is 30.0 Å². The number of carbonyl (C=O) groups excluding carboxylic acids is 1. The number of benzene rings is 2. The standard InChI is InChI=1S/C21H25NO3/c1-3-15(12-14(2)23)22-21(24)25-13-20-18-10-6-4-8-16(18)17-9-5-7-11-19(17)20/h4-11,14-15,20,23H,3,12-13H2,1-2H3,(H,22,24). The van der Waals surface area contributed by atoms with Crippen LogP contribution in [0, 0.1) is 0 Å². The van der Waals surface area contributed by atoms with Crippen molar-refractivity contribution in [1.29, 1.82) is 0 Å². The summed E-state index contributed by atoms with van der Waals surface area (Å²) in [5, 5.41) is 12.3. The molecule has 2 aromatic rings. The Morgan fingerprint density at radius 1 is 1.12 bits per heavy atom. The van der Waals surface area contributed by atoms with Crippen molar-refractivity contribution in [1.82, 2.24) is 5.32 Å². The summed E-state index contributed by atoms with van der Waals surface area (Å²) >= 11 is 0. The van der Waals surface area contributed by atoms with Crippen LogP contribution in [0.3, 0.4) is 0 Å². The van der Waals surface area contributed by atoms with E-state index in [0.717, 1.165) is 6.42 Å². The van der Waals surface area contributed by atoms with Crippen LogP contribution in [0.4, 0.5) is 4.79 Å². The van der Waals surface area contributed by atoms with Crippen molar-refractivity contribution in [3.63, 3.8) is 0 Å².